The molecule has 3 aromatic rings. The van der Waals surface area contributed by atoms with Gasteiger partial charge in [0.15, 0.2) is 0 Å². The van der Waals surface area contributed by atoms with Crippen molar-refractivity contribution in [3.05, 3.63) is 59.8 Å². The van der Waals surface area contributed by atoms with Gasteiger partial charge in [0.2, 0.25) is 0 Å². The molecule has 20 heavy (non-hydrogen) atoms. The number of aryl methyl sites for hydroxylation is 1. The van der Waals surface area contributed by atoms with E-state index < -0.39 is 0 Å². The van der Waals surface area contributed by atoms with Gasteiger partial charge in [-0.2, -0.15) is 10.4 Å². The van der Waals surface area contributed by atoms with Crippen LogP contribution in [0.5, 0.6) is 0 Å². The number of nitrogens with one attached hydrogen (secondary N) is 1. The Kier molecular flexibility index (Phi) is 3.10. The molecule has 0 spiro atoms. The van der Waals surface area contributed by atoms with Crippen LogP contribution >= 0.6 is 0 Å². The second-order valence-corrected chi connectivity index (χ2v) is 4.60. The number of para-hydroxylation sites is 2. The fourth-order valence-electron chi connectivity index (χ4n) is 2.33. The van der Waals surface area contributed by atoms with E-state index >= 15 is 0 Å². The first-order valence-electron chi connectivity index (χ1n) is 6.43. The first-order valence-corrected chi connectivity index (χ1v) is 6.43. The summed E-state index contributed by atoms with van der Waals surface area (Å²) in [7, 11) is 1.94. The lowest BCUT2D eigenvalue weighted by atomic mass is 10.2. The normalized spacial score (nSPS) is 10.4. The van der Waals surface area contributed by atoms with Gasteiger partial charge in [0.05, 0.1) is 29.0 Å². The SMILES string of the molecule is Cn1nc(CNc2ccccc2C#N)c2ccccc21. The summed E-state index contributed by atoms with van der Waals surface area (Å²) in [6.07, 6.45) is 0. The van der Waals surface area contributed by atoms with Gasteiger partial charge in [0.1, 0.15) is 6.07 Å². The number of hydrogen-bond acceptors (Lipinski definition) is 3. The van der Waals surface area contributed by atoms with E-state index in [0.717, 1.165) is 22.3 Å². The van der Waals surface area contributed by atoms with Gasteiger partial charge in [0.25, 0.3) is 0 Å². The molecule has 2 aromatic carbocycles. The Morgan fingerprint density at radius 2 is 1.90 bits per heavy atom. The van der Waals surface area contributed by atoms with Crippen molar-refractivity contribution in [1.29, 1.82) is 5.26 Å². The van der Waals surface area contributed by atoms with Crippen LogP contribution < -0.4 is 5.32 Å². The molecule has 0 amide bonds. The van der Waals surface area contributed by atoms with Crippen molar-refractivity contribution < 1.29 is 0 Å². The van der Waals surface area contributed by atoms with Gasteiger partial charge in [-0.25, -0.2) is 0 Å². The maximum atomic E-state index is 9.08. The van der Waals surface area contributed by atoms with Crippen molar-refractivity contribution in [2.45, 2.75) is 6.54 Å². The van der Waals surface area contributed by atoms with E-state index in [1.54, 1.807) is 6.07 Å². The summed E-state index contributed by atoms with van der Waals surface area (Å²) in [5, 5.41) is 18.0. The van der Waals surface area contributed by atoms with E-state index in [-0.39, 0.29) is 0 Å². The Morgan fingerprint density at radius 3 is 2.75 bits per heavy atom. The summed E-state index contributed by atoms with van der Waals surface area (Å²) in [6, 6.07) is 17.8. The van der Waals surface area contributed by atoms with Crippen LogP contribution in [0.4, 0.5) is 5.69 Å². The molecule has 0 atom stereocenters. The molecule has 0 aliphatic heterocycles. The minimum Gasteiger partial charge on any atom is -0.378 e. The molecule has 0 saturated carbocycles. The van der Waals surface area contributed by atoms with Crippen LogP contribution in [0.1, 0.15) is 11.3 Å². The maximum absolute atomic E-state index is 9.08. The summed E-state index contributed by atoms with van der Waals surface area (Å²) >= 11 is 0. The summed E-state index contributed by atoms with van der Waals surface area (Å²) in [5.74, 6) is 0. The lowest BCUT2D eigenvalue weighted by molar-refractivity contribution is 0.771. The maximum Gasteiger partial charge on any atom is 0.101 e. The van der Waals surface area contributed by atoms with Crippen LogP contribution in [-0.2, 0) is 13.6 Å². The van der Waals surface area contributed by atoms with E-state index in [1.165, 1.54) is 0 Å². The molecule has 1 N–H and O–H groups in total. The van der Waals surface area contributed by atoms with Gasteiger partial charge in [0, 0.05) is 12.4 Å². The van der Waals surface area contributed by atoms with Crippen LogP contribution in [-0.4, -0.2) is 9.78 Å². The van der Waals surface area contributed by atoms with E-state index in [2.05, 4.69) is 28.6 Å². The third-order valence-electron chi connectivity index (χ3n) is 3.33. The molecular formula is C16H14N4. The zero-order valence-electron chi connectivity index (χ0n) is 11.2. The number of hydrogen-bond donors (Lipinski definition) is 1. The third-order valence-corrected chi connectivity index (χ3v) is 3.33. The Hall–Kier alpha value is -2.80. The van der Waals surface area contributed by atoms with Crippen LogP contribution in [0.25, 0.3) is 10.9 Å². The summed E-state index contributed by atoms with van der Waals surface area (Å²) < 4.78 is 1.88. The fraction of sp³-hybridized carbons (Fsp3) is 0.125. The number of nitrogens with zero attached hydrogens (tertiary/aromatic N) is 3. The molecule has 0 aliphatic rings. The fourth-order valence-corrected chi connectivity index (χ4v) is 2.33. The third kappa shape index (κ3) is 2.10. The quantitative estimate of drug-likeness (QED) is 0.789. The van der Waals surface area contributed by atoms with Crippen LogP contribution in [0, 0.1) is 11.3 Å². The Balaban J connectivity index is 1.89. The van der Waals surface area contributed by atoms with Crippen molar-refractivity contribution in [2.24, 2.45) is 7.05 Å². The predicted molar refractivity (Wildman–Crippen MR) is 79.2 cm³/mol. The molecule has 0 unspecified atom stereocenters. The molecule has 98 valence electrons. The molecule has 0 radical (unpaired) electrons. The number of benzene rings is 2. The highest BCUT2D eigenvalue weighted by Crippen LogP contribution is 2.20. The van der Waals surface area contributed by atoms with Crippen molar-refractivity contribution in [3.63, 3.8) is 0 Å². The summed E-state index contributed by atoms with van der Waals surface area (Å²) in [6.45, 7) is 0.597. The first kappa shape index (κ1) is 12.2. The molecule has 1 aromatic heterocycles. The molecule has 1 heterocycles. The number of fused-ring (bicyclic) bond motifs is 1. The Labute approximate surface area is 117 Å². The second kappa shape index (κ2) is 5.06. The average Bonchev–Trinajstić information content (AvgIpc) is 2.82. The van der Waals surface area contributed by atoms with Crippen LogP contribution in [0.15, 0.2) is 48.5 Å². The lowest BCUT2D eigenvalue weighted by Gasteiger charge is -2.06. The molecule has 4 nitrogen and oxygen atoms in total. The smallest absolute Gasteiger partial charge is 0.101 e. The monoisotopic (exact) mass is 262 g/mol. The number of aromatic nitrogens is 2. The number of anilines is 1. The standard InChI is InChI=1S/C16H14N4/c1-20-16-9-5-3-7-13(16)15(19-20)11-18-14-8-4-2-6-12(14)10-17/h2-9,18H,11H2,1H3. The number of rotatable bonds is 3. The van der Waals surface area contributed by atoms with Gasteiger partial charge in [-0.3, -0.25) is 4.68 Å². The largest absolute Gasteiger partial charge is 0.378 e. The van der Waals surface area contributed by atoms with E-state index in [0.29, 0.717) is 12.1 Å². The van der Waals surface area contributed by atoms with Crippen molar-refractivity contribution in [2.75, 3.05) is 5.32 Å². The second-order valence-electron chi connectivity index (χ2n) is 4.60. The van der Waals surface area contributed by atoms with Gasteiger partial charge >= 0.3 is 0 Å². The highest BCUT2D eigenvalue weighted by atomic mass is 15.3. The van der Waals surface area contributed by atoms with E-state index in [9.17, 15) is 0 Å². The number of nitriles is 1. The molecular weight excluding hydrogens is 248 g/mol. The predicted octanol–water partition coefficient (Wildman–Crippen LogP) is 3.06. The van der Waals surface area contributed by atoms with Crippen molar-refractivity contribution in [3.8, 4) is 6.07 Å². The van der Waals surface area contributed by atoms with Gasteiger partial charge in [-0.05, 0) is 18.2 Å². The van der Waals surface area contributed by atoms with Gasteiger partial charge in [-0.15, -0.1) is 0 Å². The van der Waals surface area contributed by atoms with Crippen LogP contribution in [0.3, 0.4) is 0 Å². The Bertz CT molecular complexity index is 796. The molecule has 0 saturated heterocycles. The zero-order valence-corrected chi connectivity index (χ0v) is 11.2. The van der Waals surface area contributed by atoms with Gasteiger partial charge < -0.3 is 5.32 Å². The highest BCUT2D eigenvalue weighted by molar-refractivity contribution is 5.82. The van der Waals surface area contributed by atoms with E-state index in [4.69, 9.17) is 5.26 Å². The first-order chi connectivity index (χ1) is 9.79. The molecule has 4 heteroatoms. The van der Waals surface area contributed by atoms with Gasteiger partial charge in [-0.1, -0.05) is 30.3 Å². The molecule has 3 rings (SSSR count). The minimum atomic E-state index is 0.597. The summed E-state index contributed by atoms with van der Waals surface area (Å²) in [4.78, 5) is 0. The lowest BCUT2D eigenvalue weighted by Crippen LogP contribution is -2.02. The Morgan fingerprint density at radius 1 is 1.15 bits per heavy atom. The highest BCUT2D eigenvalue weighted by Gasteiger charge is 2.08. The van der Waals surface area contributed by atoms with Crippen molar-refractivity contribution in [1.82, 2.24) is 9.78 Å². The topological polar surface area (TPSA) is 53.6 Å². The molecule has 0 fully saturated rings. The minimum absolute atomic E-state index is 0.597. The molecule has 0 bridgehead atoms. The molecule has 0 aliphatic carbocycles. The average molecular weight is 262 g/mol. The summed E-state index contributed by atoms with van der Waals surface area (Å²) in [5.41, 5.74) is 3.58. The van der Waals surface area contributed by atoms with Crippen LogP contribution in [0.2, 0.25) is 0 Å². The zero-order chi connectivity index (χ0) is 13.9. The van der Waals surface area contributed by atoms with Crippen molar-refractivity contribution >= 4 is 16.6 Å². The van der Waals surface area contributed by atoms with E-state index in [1.807, 2.05) is 42.1 Å².